The zero-order valence-electron chi connectivity index (χ0n) is 9.29. The molecule has 1 rings (SSSR count). The molecule has 3 heteroatoms. The van der Waals surface area contributed by atoms with E-state index in [2.05, 4.69) is 5.32 Å². The van der Waals surface area contributed by atoms with Gasteiger partial charge in [0, 0.05) is 13.0 Å². The lowest BCUT2D eigenvalue weighted by Gasteiger charge is -2.29. The van der Waals surface area contributed by atoms with Crippen molar-refractivity contribution in [2.45, 2.75) is 51.2 Å². The second kappa shape index (κ2) is 5.10. The lowest BCUT2D eigenvalue weighted by atomic mass is 9.88. The molecule has 0 heterocycles. The molecule has 0 aromatic carbocycles. The van der Waals surface area contributed by atoms with Crippen LogP contribution < -0.4 is 5.32 Å². The summed E-state index contributed by atoms with van der Waals surface area (Å²) in [5.41, 5.74) is -0.616. The van der Waals surface area contributed by atoms with Gasteiger partial charge in [-0.15, -0.1) is 0 Å². The van der Waals surface area contributed by atoms with E-state index in [1.165, 1.54) is 0 Å². The van der Waals surface area contributed by atoms with Crippen LogP contribution >= 0.6 is 0 Å². The lowest BCUT2D eigenvalue weighted by molar-refractivity contribution is -0.0308. The Hall–Kier alpha value is -0.120. The molecule has 0 spiro atoms. The second-order valence-corrected chi connectivity index (χ2v) is 4.40. The summed E-state index contributed by atoms with van der Waals surface area (Å²) < 4.78 is 0. The number of hydrogen-bond acceptors (Lipinski definition) is 3. The molecule has 1 fully saturated rings. The topological polar surface area (TPSA) is 52.5 Å². The molecule has 0 aliphatic heterocycles. The summed E-state index contributed by atoms with van der Waals surface area (Å²) in [5, 5.41) is 23.0. The van der Waals surface area contributed by atoms with E-state index in [-0.39, 0.29) is 0 Å². The zero-order chi connectivity index (χ0) is 10.6. The molecule has 0 aromatic rings. The summed E-state index contributed by atoms with van der Waals surface area (Å²) in [4.78, 5) is 0. The van der Waals surface area contributed by atoms with Crippen molar-refractivity contribution >= 4 is 0 Å². The van der Waals surface area contributed by atoms with E-state index in [1.54, 1.807) is 0 Å². The molecular formula is C11H23NO2. The van der Waals surface area contributed by atoms with Gasteiger partial charge in [0.05, 0.1) is 11.7 Å². The summed E-state index contributed by atoms with van der Waals surface area (Å²) in [6.07, 6.45) is 3.10. The van der Waals surface area contributed by atoms with Gasteiger partial charge in [-0.3, -0.25) is 0 Å². The zero-order valence-corrected chi connectivity index (χ0v) is 9.29. The van der Waals surface area contributed by atoms with Crippen LogP contribution in [0.3, 0.4) is 0 Å². The van der Waals surface area contributed by atoms with E-state index in [0.717, 1.165) is 25.8 Å². The van der Waals surface area contributed by atoms with Gasteiger partial charge in [-0.2, -0.15) is 0 Å². The third kappa shape index (κ3) is 3.23. The molecule has 3 N–H and O–H groups in total. The van der Waals surface area contributed by atoms with Gasteiger partial charge in [0.15, 0.2) is 0 Å². The Bertz CT molecular complexity index is 171. The van der Waals surface area contributed by atoms with Gasteiger partial charge in [0.25, 0.3) is 0 Å². The van der Waals surface area contributed by atoms with Crippen molar-refractivity contribution < 1.29 is 10.2 Å². The maximum absolute atomic E-state index is 10.2. The van der Waals surface area contributed by atoms with E-state index in [1.807, 2.05) is 13.8 Å². The molecule has 3 nitrogen and oxygen atoms in total. The van der Waals surface area contributed by atoms with Crippen LogP contribution in [0.5, 0.6) is 0 Å². The van der Waals surface area contributed by atoms with E-state index < -0.39 is 11.7 Å². The minimum absolute atomic E-state index is 0.416. The van der Waals surface area contributed by atoms with Gasteiger partial charge in [-0.05, 0) is 31.7 Å². The summed E-state index contributed by atoms with van der Waals surface area (Å²) in [6, 6.07) is 0. The van der Waals surface area contributed by atoms with Crippen LogP contribution in [0.25, 0.3) is 0 Å². The van der Waals surface area contributed by atoms with Gasteiger partial charge < -0.3 is 15.5 Å². The molecule has 1 aliphatic carbocycles. The quantitative estimate of drug-likeness (QED) is 0.573. The van der Waals surface area contributed by atoms with Crippen molar-refractivity contribution in [2.75, 3.05) is 13.1 Å². The number of hydrogen-bond donors (Lipinski definition) is 3. The number of nitrogens with one attached hydrogen (secondary N) is 1. The summed E-state index contributed by atoms with van der Waals surface area (Å²) in [6.45, 7) is 5.47. The predicted octanol–water partition coefficient (Wildman–Crippen LogP) is 0.898. The van der Waals surface area contributed by atoms with Gasteiger partial charge in [0.1, 0.15) is 0 Å². The van der Waals surface area contributed by atoms with E-state index in [0.29, 0.717) is 18.9 Å². The standard InChI is InChI=1S/C11H23NO2/c1-3-11(14,9-5-6-9)7-10(13)8-12-4-2/h9-10,12-14H,3-8H2,1-2H3/t10-,11+/m0/s1. The Labute approximate surface area is 86.5 Å². The molecule has 0 bridgehead atoms. The fourth-order valence-corrected chi connectivity index (χ4v) is 2.01. The van der Waals surface area contributed by atoms with Crippen molar-refractivity contribution in [1.29, 1.82) is 0 Å². The minimum Gasteiger partial charge on any atom is -0.392 e. The molecular weight excluding hydrogens is 178 g/mol. The van der Waals surface area contributed by atoms with Crippen LogP contribution in [0.2, 0.25) is 0 Å². The van der Waals surface area contributed by atoms with Crippen molar-refractivity contribution in [3.05, 3.63) is 0 Å². The van der Waals surface area contributed by atoms with Crippen LogP contribution in [0.4, 0.5) is 0 Å². The smallest absolute Gasteiger partial charge is 0.0698 e. The van der Waals surface area contributed by atoms with Gasteiger partial charge in [0.2, 0.25) is 0 Å². The lowest BCUT2D eigenvalue weighted by Crippen LogP contribution is -2.39. The fourth-order valence-electron chi connectivity index (χ4n) is 2.01. The van der Waals surface area contributed by atoms with Crippen LogP contribution in [-0.4, -0.2) is 35.0 Å². The number of aliphatic hydroxyl groups is 2. The van der Waals surface area contributed by atoms with E-state index >= 15 is 0 Å². The Balaban J connectivity index is 2.31. The average molecular weight is 201 g/mol. The van der Waals surface area contributed by atoms with Crippen LogP contribution in [0.15, 0.2) is 0 Å². The normalized spacial score (nSPS) is 23.1. The van der Waals surface area contributed by atoms with Crippen molar-refractivity contribution in [3.8, 4) is 0 Å². The van der Waals surface area contributed by atoms with Crippen molar-refractivity contribution in [1.82, 2.24) is 5.32 Å². The molecule has 1 aliphatic rings. The Kier molecular flexibility index (Phi) is 4.35. The van der Waals surface area contributed by atoms with E-state index in [4.69, 9.17) is 0 Å². The summed E-state index contributed by atoms with van der Waals surface area (Å²) in [7, 11) is 0. The minimum atomic E-state index is -0.616. The fraction of sp³-hybridized carbons (Fsp3) is 1.00. The Morgan fingerprint density at radius 1 is 1.43 bits per heavy atom. The maximum atomic E-state index is 10.2. The number of likely N-dealkylation sites (N-methyl/N-ethyl adjacent to an activating group) is 1. The summed E-state index contributed by atoms with van der Waals surface area (Å²) in [5.74, 6) is 0.434. The highest BCUT2D eigenvalue weighted by Crippen LogP contribution is 2.43. The SMILES string of the molecule is CCNC[C@@H](O)C[C@](O)(CC)C1CC1. The molecule has 0 amide bonds. The molecule has 14 heavy (non-hydrogen) atoms. The van der Waals surface area contributed by atoms with Crippen molar-refractivity contribution in [2.24, 2.45) is 5.92 Å². The first-order chi connectivity index (χ1) is 6.62. The van der Waals surface area contributed by atoms with E-state index in [9.17, 15) is 10.2 Å². The van der Waals surface area contributed by atoms with Crippen molar-refractivity contribution in [3.63, 3.8) is 0 Å². The first-order valence-electron chi connectivity index (χ1n) is 5.73. The Morgan fingerprint density at radius 3 is 2.50 bits per heavy atom. The average Bonchev–Trinajstić information content (AvgIpc) is 2.97. The highest BCUT2D eigenvalue weighted by molar-refractivity contribution is 4.95. The molecule has 0 unspecified atom stereocenters. The molecule has 84 valence electrons. The van der Waals surface area contributed by atoms with Crippen LogP contribution in [0.1, 0.15) is 39.5 Å². The second-order valence-electron chi connectivity index (χ2n) is 4.40. The first-order valence-corrected chi connectivity index (χ1v) is 5.73. The van der Waals surface area contributed by atoms with Crippen LogP contribution in [-0.2, 0) is 0 Å². The largest absolute Gasteiger partial charge is 0.392 e. The molecule has 1 saturated carbocycles. The highest BCUT2D eigenvalue weighted by Gasteiger charge is 2.43. The predicted molar refractivity (Wildman–Crippen MR) is 57.1 cm³/mol. The van der Waals surface area contributed by atoms with Gasteiger partial charge in [-0.25, -0.2) is 0 Å². The molecule has 0 aromatic heterocycles. The highest BCUT2D eigenvalue weighted by atomic mass is 16.3. The third-order valence-electron chi connectivity index (χ3n) is 3.17. The number of rotatable bonds is 7. The molecule has 0 radical (unpaired) electrons. The Morgan fingerprint density at radius 2 is 2.07 bits per heavy atom. The van der Waals surface area contributed by atoms with Gasteiger partial charge >= 0.3 is 0 Å². The monoisotopic (exact) mass is 201 g/mol. The van der Waals surface area contributed by atoms with Crippen LogP contribution in [0, 0.1) is 5.92 Å². The maximum Gasteiger partial charge on any atom is 0.0698 e. The number of aliphatic hydroxyl groups excluding tert-OH is 1. The molecule has 0 saturated heterocycles. The first kappa shape index (κ1) is 12.0. The third-order valence-corrected chi connectivity index (χ3v) is 3.17. The molecule has 2 atom stereocenters. The summed E-state index contributed by atoms with van der Waals surface area (Å²) >= 11 is 0. The van der Waals surface area contributed by atoms with Gasteiger partial charge in [-0.1, -0.05) is 13.8 Å².